The third-order valence-electron chi connectivity index (χ3n) is 4.43. The van der Waals surface area contributed by atoms with Crippen LogP contribution in [0.3, 0.4) is 0 Å². The number of nitrogens with one attached hydrogen (secondary N) is 1. The number of ether oxygens (including phenoxy) is 1. The first-order chi connectivity index (χ1) is 11.8. The molecule has 1 amide bonds. The molecule has 24 heavy (non-hydrogen) atoms. The van der Waals surface area contributed by atoms with E-state index in [9.17, 15) is 4.79 Å². The Morgan fingerprint density at radius 2 is 1.75 bits per heavy atom. The summed E-state index contributed by atoms with van der Waals surface area (Å²) in [5.41, 5.74) is 0. The fourth-order valence-electron chi connectivity index (χ4n) is 3.00. The molecule has 0 bridgehead atoms. The second-order valence-corrected chi connectivity index (χ2v) is 6.12. The van der Waals surface area contributed by atoms with Crippen LogP contribution in [-0.2, 0) is 9.53 Å². The summed E-state index contributed by atoms with van der Waals surface area (Å²) in [6.45, 7) is 8.99. The summed E-state index contributed by atoms with van der Waals surface area (Å²) < 4.78 is 5.32. The van der Waals surface area contributed by atoms with Crippen LogP contribution in [0.25, 0.3) is 0 Å². The summed E-state index contributed by atoms with van der Waals surface area (Å²) in [4.78, 5) is 27.3. The molecule has 0 radical (unpaired) electrons. The van der Waals surface area contributed by atoms with Gasteiger partial charge in [0.1, 0.15) is 0 Å². The molecule has 2 aliphatic rings. The average molecular weight is 334 g/mol. The highest BCUT2D eigenvalue weighted by Gasteiger charge is 2.20. The zero-order valence-corrected chi connectivity index (χ0v) is 14.1. The van der Waals surface area contributed by atoms with Crippen LogP contribution in [0.1, 0.15) is 0 Å². The van der Waals surface area contributed by atoms with Crippen molar-refractivity contribution in [1.29, 1.82) is 0 Å². The minimum absolute atomic E-state index is 0.104. The Labute approximate surface area is 142 Å². The van der Waals surface area contributed by atoms with Crippen molar-refractivity contribution in [3.8, 4) is 0 Å². The highest BCUT2D eigenvalue weighted by atomic mass is 16.5. The quantitative estimate of drug-likeness (QED) is 0.719. The molecule has 0 spiro atoms. The van der Waals surface area contributed by atoms with Crippen LogP contribution in [0.5, 0.6) is 0 Å². The van der Waals surface area contributed by atoms with Gasteiger partial charge in [0.05, 0.1) is 19.8 Å². The van der Waals surface area contributed by atoms with E-state index in [1.54, 1.807) is 12.4 Å². The Hall–Kier alpha value is -1.77. The molecule has 0 aromatic carbocycles. The molecule has 0 atom stereocenters. The van der Waals surface area contributed by atoms with E-state index in [1.807, 2.05) is 6.07 Å². The minimum Gasteiger partial charge on any atom is -0.379 e. The van der Waals surface area contributed by atoms with E-state index < -0.39 is 0 Å². The second-order valence-electron chi connectivity index (χ2n) is 6.12. The van der Waals surface area contributed by atoms with Gasteiger partial charge in [0.15, 0.2) is 0 Å². The largest absolute Gasteiger partial charge is 0.379 e. The molecular weight excluding hydrogens is 308 g/mol. The van der Waals surface area contributed by atoms with Crippen LogP contribution in [0.4, 0.5) is 5.95 Å². The fraction of sp³-hybridized carbons (Fsp3) is 0.688. The summed E-state index contributed by atoms with van der Waals surface area (Å²) >= 11 is 0. The second kappa shape index (κ2) is 8.91. The topological polar surface area (TPSA) is 73.8 Å². The van der Waals surface area contributed by atoms with Crippen LogP contribution in [0.2, 0.25) is 0 Å². The molecule has 3 rings (SSSR count). The number of carbonyl (C=O) groups excluding carboxylic acids is 1. The maximum Gasteiger partial charge on any atom is 0.234 e. The normalized spacial score (nSPS) is 20.1. The summed E-state index contributed by atoms with van der Waals surface area (Å²) in [5, 5.41) is 3.02. The molecule has 2 fully saturated rings. The lowest BCUT2D eigenvalue weighted by molar-refractivity contribution is -0.122. The molecule has 0 saturated carbocycles. The van der Waals surface area contributed by atoms with Gasteiger partial charge in [-0.25, -0.2) is 9.97 Å². The third kappa shape index (κ3) is 5.12. The Kier molecular flexibility index (Phi) is 6.33. The molecular formula is C16H26N6O2. The Bertz CT molecular complexity index is 501. The number of nitrogens with zero attached hydrogens (tertiary/aromatic N) is 5. The number of amides is 1. The van der Waals surface area contributed by atoms with Crippen LogP contribution in [-0.4, -0.2) is 97.8 Å². The first-order valence-corrected chi connectivity index (χ1v) is 8.62. The molecule has 1 aromatic rings. The van der Waals surface area contributed by atoms with Gasteiger partial charge in [0, 0.05) is 64.8 Å². The molecule has 3 heterocycles. The van der Waals surface area contributed by atoms with E-state index in [0.717, 1.165) is 65.0 Å². The Morgan fingerprint density at radius 1 is 1.04 bits per heavy atom. The summed E-state index contributed by atoms with van der Waals surface area (Å²) in [6.07, 6.45) is 3.52. The van der Waals surface area contributed by atoms with Crippen molar-refractivity contribution >= 4 is 11.9 Å². The van der Waals surface area contributed by atoms with E-state index in [-0.39, 0.29) is 5.91 Å². The number of carbonyl (C=O) groups is 1. The van der Waals surface area contributed by atoms with Crippen LogP contribution < -0.4 is 10.2 Å². The van der Waals surface area contributed by atoms with Gasteiger partial charge in [-0.15, -0.1) is 0 Å². The molecule has 0 aliphatic carbocycles. The van der Waals surface area contributed by atoms with Gasteiger partial charge in [-0.2, -0.15) is 0 Å². The Morgan fingerprint density at radius 3 is 2.46 bits per heavy atom. The van der Waals surface area contributed by atoms with Crippen LogP contribution >= 0.6 is 0 Å². The van der Waals surface area contributed by atoms with Gasteiger partial charge in [0.25, 0.3) is 0 Å². The lowest BCUT2D eigenvalue weighted by Crippen LogP contribution is -2.50. The van der Waals surface area contributed by atoms with Crippen LogP contribution in [0.15, 0.2) is 18.5 Å². The van der Waals surface area contributed by atoms with Gasteiger partial charge in [-0.3, -0.25) is 14.6 Å². The molecule has 2 aliphatic heterocycles. The highest BCUT2D eigenvalue weighted by molar-refractivity contribution is 5.78. The van der Waals surface area contributed by atoms with Crippen molar-refractivity contribution < 1.29 is 9.53 Å². The standard InChI is InChI=1S/C16H26N6O2/c23-15(17-4-5-20-10-12-24-13-11-20)14-21-6-8-22(9-7-21)16-18-2-1-3-19-16/h1-3H,4-14H2,(H,17,23). The highest BCUT2D eigenvalue weighted by Crippen LogP contribution is 2.09. The maximum absolute atomic E-state index is 12.1. The van der Waals surface area contributed by atoms with Crippen LogP contribution in [0, 0.1) is 0 Å². The third-order valence-corrected chi connectivity index (χ3v) is 4.43. The fourth-order valence-corrected chi connectivity index (χ4v) is 3.00. The van der Waals surface area contributed by atoms with Crippen molar-refractivity contribution in [3.05, 3.63) is 18.5 Å². The number of anilines is 1. The predicted molar refractivity (Wildman–Crippen MR) is 91.0 cm³/mol. The molecule has 8 heteroatoms. The van der Waals surface area contributed by atoms with Gasteiger partial charge in [0.2, 0.25) is 11.9 Å². The number of piperazine rings is 1. The van der Waals surface area contributed by atoms with Crippen molar-refractivity contribution in [2.24, 2.45) is 0 Å². The van der Waals surface area contributed by atoms with E-state index in [2.05, 4.69) is 30.0 Å². The van der Waals surface area contributed by atoms with Gasteiger partial charge >= 0.3 is 0 Å². The predicted octanol–water partition coefficient (Wildman–Crippen LogP) is -0.953. The van der Waals surface area contributed by atoms with Crippen molar-refractivity contribution in [2.45, 2.75) is 0 Å². The van der Waals surface area contributed by atoms with E-state index in [0.29, 0.717) is 13.1 Å². The smallest absolute Gasteiger partial charge is 0.234 e. The summed E-state index contributed by atoms with van der Waals surface area (Å²) in [6, 6.07) is 1.82. The van der Waals surface area contributed by atoms with Crippen molar-refractivity contribution in [3.63, 3.8) is 0 Å². The SMILES string of the molecule is O=C(CN1CCN(c2ncccn2)CC1)NCCN1CCOCC1. The number of aromatic nitrogens is 2. The first kappa shape index (κ1) is 17.1. The summed E-state index contributed by atoms with van der Waals surface area (Å²) in [7, 11) is 0. The Balaban J connectivity index is 1.31. The van der Waals surface area contributed by atoms with Gasteiger partial charge < -0.3 is 15.0 Å². The number of morpholine rings is 1. The molecule has 132 valence electrons. The molecule has 8 nitrogen and oxygen atoms in total. The van der Waals surface area contributed by atoms with E-state index >= 15 is 0 Å². The maximum atomic E-state index is 12.1. The van der Waals surface area contributed by atoms with Crippen molar-refractivity contribution in [2.75, 3.05) is 77.0 Å². The first-order valence-electron chi connectivity index (χ1n) is 8.62. The van der Waals surface area contributed by atoms with E-state index in [1.165, 1.54) is 0 Å². The molecule has 2 saturated heterocycles. The minimum atomic E-state index is 0.104. The van der Waals surface area contributed by atoms with Crippen molar-refractivity contribution in [1.82, 2.24) is 25.1 Å². The zero-order valence-electron chi connectivity index (χ0n) is 14.1. The number of hydrogen-bond donors (Lipinski definition) is 1. The van der Waals surface area contributed by atoms with E-state index in [4.69, 9.17) is 4.74 Å². The van der Waals surface area contributed by atoms with Gasteiger partial charge in [-0.1, -0.05) is 0 Å². The molecule has 1 N–H and O–H groups in total. The number of rotatable bonds is 6. The monoisotopic (exact) mass is 334 g/mol. The lowest BCUT2D eigenvalue weighted by atomic mass is 10.3. The number of hydrogen-bond acceptors (Lipinski definition) is 7. The average Bonchev–Trinajstić information content (AvgIpc) is 2.64. The lowest BCUT2D eigenvalue weighted by Gasteiger charge is -2.34. The molecule has 0 unspecified atom stereocenters. The summed E-state index contributed by atoms with van der Waals surface area (Å²) in [5.74, 6) is 0.875. The zero-order chi connectivity index (χ0) is 16.6. The van der Waals surface area contributed by atoms with Gasteiger partial charge in [-0.05, 0) is 6.07 Å². The molecule has 1 aromatic heterocycles.